The van der Waals surface area contributed by atoms with Crippen LogP contribution in [0.1, 0.15) is 56.5 Å². The van der Waals surface area contributed by atoms with E-state index >= 15 is 0 Å². The molecule has 0 aromatic heterocycles. The summed E-state index contributed by atoms with van der Waals surface area (Å²) in [4.78, 5) is 51.9. The van der Waals surface area contributed by atoms with Crippen molar-refractivity contribution in [1.29, 1.82) is 0 Å². The van der Waals surface area contributed by atoms with Gasteiger partial charge in [-0.1, -0.05) is 25.1 Å². The molecule has 1 aliphatic heterocycles. The zero-order chi connectivity index (χ0) is 29.8. The van der Waals surface area contributed by atoms with E-state index in [0.29, 0.717) is 12.0 Å². The van der Waals surface area contributed by atoms with Crippen LogP contribution < -0.4 is 10.1 Å². The number of carbonyl (C=O) groups excluding carboxylic acids is 4. The molecule has 8 nitrogen and oxygen atoms in total. The first-order valence-corrected chi connectivity index (χ1v) is 12.5. The molecule has 2 aromatic rings. The monoisotopic (exact) mass is 565 g/mol. The van der Waals surface area contributed by atoms with E-state index < -0.39 is 83.3 Å². The zero-order valence-electron chi connectivity index (χ0n) is 22.4. The highest BCUT2D eigenvalue weighted by Gasteiger charge is 2.39. The van der Waals surface area contributed by atoms with Crippen molar-refractivity contribution in [2.75, 3.05) is 6.61 Å². The maximum absolute atomic E-state index is 14.0. The number of fused-ring (bicyclic) bond motifs is 1. The third-order valence-corrected chi connectivity index (χ3v) is 5.94. The first kappa shape index (κ1) is 30.5. The minimum atomic E-state index is -1.86. The number of esters is 1. The number of benzene rings is 2. The summed E-state index contributed by atoms with van der Waals surface area (Å²) in [6.45, 7) is 5.23. The van der Waals surface area contributed by atoms with Crippen LogP contribution >= 0.6 is 0 Å². The van der Waals surface area contributed by atoms with Crippen LogP contribution in [0.5, 0.6) is 5.75 Å². The first-order valence-electron chi connectivity index (χ1n) is 12.5. The Kier molecular flexibility index (Phi) is 9.44. The smallest absolute Gasteiger partial charge is 0.420 e. The van der Waals surface area contributed by atoms with Gasteiger partial charge >= 0.3 is 11.9 Å². The predicted octanol–water partition coefficient (Wildman–Crippen LogP) is 3.67. The van der Waals surface area contributed by atoms with Gasteiger partial charge in [-0.2, -0.15) is 13.4 Å². The van der Waals surface area contributed by atoms with E-state index in [4.69, 9.17) is 9.47 Å². The number of carbonyl (C=O) groups is 4. The van der Waals surface area contributed by atoms with Gasteiger partial charge in [-0.3, -0.25) is 14.4 Å². The predicted molar refractivity (Wildman–Crippen MR) is 134 cm³/mol. The highest BCUT2D eigenvalue weighted by atomic mass is 19.2. The van der Waals surface area contributed by atoms with Crippen LogP contribution in [-0.4, -0.2) is 58.6 Å². The van der Waals surface area contributed by atoms with Gasteiger partial charge in [0.1, 0.15) is 18.2 Å². The highest BCUT2D eigenvalue weighted by molar-refractivity contribution is 5.98. The van der Waals surface area contributed by atoms with Gasteiger partial charge < -0.3 is 14.8 Å². The van der Waals surface area contributed by atoms with Crippen LogP contribution in [0, 0.1) is 23.3 Å². The van der Waals surface area contributed by atoms with E-state index in [9.17, 15) is 36.7 Å². The molecule has 1 heterocycles. The molecule has 0 saturated heterocycles. The number of nitrogens with zero attached hydrogens (tertiary/aromatic N) is 1. The normalized spacial score (nSPS) is 14.5. The number of hydrogen-bond donors (Lipinski definition) is 1. The van der Waals surface area contributed by atoms with Crippen molar-refractivity contribution < 1.29 is 50.8 Å². The summed E-state index contributed by atoms with van der Waals surface area (Å²) in [6.07, 6.45) is 1.38. The van der Waals surface area contributed by atoms with E-state index in [-0.39, 0.29) is 12.5 Å². The number of nitrogens with one attached hydrogen (secondary N) is 1. The van der Waals surface area contributed by atoms with Crippen molar-refractivity contribution in [1.82, 2.24) is 5.32 Å². The lowest BCUT2D eigenvalue weighted by atomic mass is 9.99. The van der Waals surface area contributed by atoms with Crippen molar-refractivity contribution >= 4 is 29.8 Å². The first-order chi connectivity index (χ1) is 18.7. The molecule has 12 heteroatoms. The van der Waals surface area contributed by atoms with E-state index in [1.165, 1.54) is 4.58 Å². The SMILES string of the molecule is CC[C@@H](C(=O)N[C@@H](CC(=O)OC(C)(C)C)C(=O)COc1c(F)c(F)cc(F)c1F)[N+]1=CCc2ccccc2C1=O. The Balaban J connectivity index is 1.82. The summed E-state index contributed by atoms with van der Waals surface area (Å²) >= 11 is 0. The molecule has 1 N–H and O–H groups in total. The molecule has 0 radical (unpaired) electrons. The number of rotatable bonds is 10. The van der Waals surface area contributed by atoms with Crippen molar-refractivity contribution in [2.24, 2.45) is 0 Å². The van der Waals surface area contributed by atoms with Gasteiger partial charge in [0, 0.05) is 12.5 Å². The molecule has 1 aliphatic rings. The molecule has 0 unspecified atom stereocenters. The number of ether oxygens (including phenoxy) is 2. The van der Waals surface area contributed by atoms with Gasteiger partial charge in [-0.25, -0.2) is 13.6 Å². The van der Waals surface area contributed by atoms with Crippen LogP contribution in [0.25, 0.3) is 0 Å². The fourth-order valence-corrected chi connectivity index (χ4v) is 4.09. The molecule has 2 amide bonds. The summed E-state index contributed by atoms with van der Waals surface area (Å²) in [7, 11) is 0. The highest BCUT2D eigenvalue weighted by Crippen LogP contribution is 2.26. The summed E-state index contributed by atoms with van der Waals surface area (Å²) in [5, 5.41) is 2.40. The molecular weight excluding hydrogens is 536 g/mol. The Bertz CT molecular complexity index is 1340. The van der Waals surface area contributed by atoms with E-state index in [2.05, 4.69) is 5.32 Å². The van der Waals surface area contributed by atoms with Crippen molar-refractivity contribution in [3.63, 3.8) is 0 Å². The molecule has 214 valence electrons. The number of ketones is 1. The largest absolute Gasteiger partial charge is 0.479 e. The zero-order valence-corrected chi connectivity index (χ0v) is 22.4. The standard InChI is InChI=1S/C28H28F4N2O6/c1-5-20(34-11-10-15-8-6-7-9-16(15)27(34)38)26(37)33-19(13-22(36)40-28(2,3)4)21(35)14-39-25-23(31)17(29)12-18(30)24(25)32/h6-9,11-12,19-20H,5,10,13-14H2,1-4H3/p+1/t19-,20-/m0/s1. The number of hydrogen-bond acceptors (Lipinski definition) is 6. The van der Waals surface area contributed by atoms with Crippen LogP contribution in [0.4, 0.5) is 17.6 Å². The lowest BCUT2D eigenvalue weighted by Crippen LogP contribution is -2.52. The Morgan fingerprint density at radius 2 is 1.68 bits per heavy atom. The average Bonchev–Trinajstić information content (AvgIpc) is 2.87. The van der Waals surface area contributed by atoms with Crippen LogP contribution in [0.15, 0.2) is 30.3 Å². The molecule has 0 spiro atoms. The second-order valence-electron chi connectivity index (χ2n) is 10.1. The van der Waals surface area contributed by atoms with E-state index in [1.807, 2.05) is 0 Å². The van der Waals surface area contributed by atoms with Crippen LogP contribution in [-0.2, 0) is 25.5 Å². The molecule has 2 aromatic carbocycles. The molecule has 0 saturated carbocycles. The molecule has 40 heavy (non-hydrogen) atoms. The number of Topliss-reactive ketones (excluding diaryl/α,β-unsaturated/α-hetero) is 1. The second-order valence-corrected chi connectivity index (χ2v) is 10.1. The summed E-state index contributed by atoms with van der Waals surface area (Å²) in [5.74, 6) is -11.8. The molecule has 0 aliphatic carbocycles. The third kappa shape index (κ3) is 7.10. The Morgan fingerprint density at radius 1 is 1.05 bits per heavy atom. The molecular formula is C28H29F4N2O6+. The van der Waals surface area contributed by atoms with Gasteiger partial charge in [0.25, 0.3) is 5.91 Å². The maximum Gasteiger partial charge on any atom is 0.420 e. The van der Waals surface area contributed by atoms with Gasteiger partial charge in [0.05, 0.1) is 18.4 Å². The van der Waals surface area contributed by atoms with Crippen molar-refractivity contribution in [3.05, 3.63) is 64.7 Å². The maximum atomic E-state index is 14.0. The van der Waals surface area contributed by atoms with Gasteiger partial charge in [0.2, 0.25) is 17.7 Å². The second kappa shape index (κ2) is 12.4. The Morgan fingerprint density at radius 3 is 2.27 bits per heavy atom. The van der Waals surface area contributed by atoms with Crippen molar-refractivity contribution in [2.45, 2.75) is 64.6 Å². The average molecular weight is 566 g/mol. The van der Waals surface area contributed by atoms with Crippen molar-refractivity contribution in [3.8, 4) is 5.75 Å². The van der Waals surface area contributed by atoms with Crippen LogP contribution in [0.3, 0.4) is 0 Å². The minimum absolute atomic E-state index is 0.0208. The quantitative estimate of drug-likeness (QED) is 0.204. The van der Waals surface area contributed by atoms with Gasteiger partial charge in [-0.15, -0.1) is 0 Å². The number of amides is 2. The van der Waals surface area contributed by atoms with Gasteiger partial charge in [0.15, 0.2) is 29.4 Å². The Labute approximate surface area is 228 Å². The van der Waals surface area contributed by atoms with E-state index in [0.717, 1.165) is 5.56 Å². The number of halogens is 4. The molecule has 0 fully saturated rings. The fraction of sp³-hybridized carbons (Fsp3) is 0.393. The Hall–Kier alpha value is -4.09. The molecule has 3 rings (SSSR count). The minimum Gasteiger partial charge on any atom is -0.479 e. The summed E-state index contributed by atoms with van der Waals surface area (Å²) < 4.78 is 66.3. The van der Waals surface area contributed by atoms with Gasteiger partial charge in [-0.05, 0) is 32.4 Å². The topological polar surface area (TPSA) is 102 Å². The fourth-order valence-electron chi connectivity index (χ4n) is 4.09. The molecule has 2 atom stereocenters. The van der Waals surface area contributed by atoms with E-state index in [1.54, 1.807) is 58.2 Å². The lowest BCUT2D eigenvalue weighted by Gasteiger charge is -2.23. The summed E-state index contributed by atoms with van der Waals surface area (Å²) in [6, 6.07) is 4.18. The summed E-state index contributed by atoms with van der Waals surface area (Å²) in [5.41, 5.74) is 0.255. The third-order valence-electron chi connectivity index (χ3n) is 5.94. The molecule has 0 bridgehead atoms. The van der Waals surface area contributed by atoms with Crippen LogP contribution in [0.2, 0.25) is 0 Å². The lowest BCUT2D eigenvalue weighted by molar-refractivity contribution is -0.456.